The van der Waals surface area contributed by atoms with Gasteiger partial charge in [0.1, 0.15) is 25.0 Å². The molecular weight excluding hydrogens is 425 g/mol. The van der Waals surface area contributed by atoms with E-state index in [-0.39, 0.29) is 25.5 Å². The number of aliphatic hydroxyl groups is 1. The molecule has 0 spiro atoms. The van der Waals surface area contributed by atoms with Gasteiger partial charge in [0.25, 0.3) is 5.09 Å². The smallest absolute Gasteiger partial charge is 0.294 e. The summed E-state index contributed by atoms with van der Waals surface area (Å²) < 4.78 is 6.03. The number of amides is 1. The SMILES string of the molecule is C[N+](C)(CCNC(=O)CCCCO[N+](=O)[O-])CC(O)COc1cc(Cl)ccc1Cl. The highest BCUT2D eigenvalue weighted by molar-refractivity contribution is 6.34. The lowest BCUT2D eigenvalue weighted by Crippen LogP contribution is -2.50. The van der Waals surface area contributed by atoms with E-state index < -0.39 is 11.2 Å². The molecule has 0 aliphatic rings. The maximum absolute atomic E-state index is 11.8. The fourth-order valence-corrected chi connectivity index (χ4v) is 2.94. The summed E-state index contributed by atoms with van der Waals surface area (Å²) in [5, 5.41) is 23.2. The summed E-state index contributed by atoms with van der Waals surface area (Å²) in [6.07, 6.45) is 0.516. The second-order valence-electron chi connectivity index (χ2n) is 7.25. The molecule has 1 atom stereocenters. The summed E-state index contributed by atoms with van der Waals surface area (Å²) in [5.74, 6) is 0.296. The van der Waals surface area contributed by atoms with Gasteiger partial charge in [-0.2, -0.15) is 0 Å². The quantitative estimate of drug-likeness (QED) is 0.194. The first-order valence-electron chi connectivity index (χ1n) is 9.21. The van der Waals surface area contributed by atoms with Crippen molar-refractivity contribution in [2.45, 2.75) is 25.4 Å². The first-order valence-corrected chi connectivity index (χ1v) is 9.96. The van der Waals surface area contributed by atoms with E-state index in [0.29, 0.717) is 52.8 Å². The van der Waals surface area contributed by atoms with E-state index in [9.17, 15) is 20.0 Å². The summed E-state index contributed by atoms with van der Waals surface area (Å²) in [5.41, 5.74) is 0. The van der Waals surface area contributed by atoms with E-state index in [1.54, 1.807) is 18.2 Å². The lowest BCUT2D eigenvalue weighted by Gasteiger charge is -2.31. The number of hydrogen-bond acceptors (Lipinski definition) is 6. The monoisotopic (exact) mass is 452 g/mol. The fourth-order valence-electron chi connectivity index (χ4n) is 2.60. The fraction of sp³-hybridized carbons (Fsp3) is 0.611. The van der Waals surface area contributed by atoms with Crippen LogP contribution in [0.3, 0.4) is 0 Å². The molecule has 0 bridgehead atoms. The standard InChI is InChI=1S/C18H27Cl2N3O6/c1-23(2,9-8-21-18(25)5-3-4-10-29-22(26)27)12-15(24)13-28-17-11-14(19)6-7-16(17)20/h6-7,11,15,24H,3-5,8-10,12-13H2,1-2H3/p+1. The van der Waals surface area contributed by atoms with Crippen LogP contribution in [0.1, 0.15) is 19.3 Å². The Morgan fingerprint density at radius 2 is 2.07 bits per heavy atom. The Morgan fingerprint density at radius 1 is 1.34 bits per heavy atom. The van der Waals surface area contributed by atoms with Gasteiger partial charge in [-0.15, -0.1) is 10.1 Å². The molecule has 0 saturated carbocycles. The zero-order valence-corrected chi connectivity index (χ0v) is 18.1. The van der Waals surface area contributed by atoms with Gasteiger partial charge in [-0.25, -0.2) is 0 Å². The molecule has 0 aliphatic heterocycles. The number of quaternary nitrogens is 1. The highest BCUT2D eigenvalue weighted by atomic mass is 35.5. The van der Waals surface area contributed by atoms with Crippen LogP contribution in [0.4, 0.5) is 0 Å². The van der Waals surface area contributed by atoms with Gasteiger partial charge in [-0.1, -0.05) is 23.2 Å². The maximum atomic E-state index is 11.8. The number of nitrogens with one attached hydrogen (secondary N) is 1. The van der Waals surface area contributed by atoms with Crippen LogP contribution in [0.25, 0.3) is 0 Å². The zero-order chi connectivity index (χ0) is 21.9. The Morgan fingerprint density at radius 3 is 2.76 bits per heavy atom. The number of ether oxygens (including phenoxy) is 1. The van der Waals surface area contributed by atoms with Crippen LogP contribution in [-0.4, -0.2) is 73.6 Å². The van der Waals surface area contributed by atoms with Crippen molar-refractivity contribution in [3.63, 3.8) is 0 Å². The van der Waals surface area contributed by atoms with Crippen LogP contribution >= 0.6 is 23.2 Å². The first-order chi connectivity index (χ1) is 13.6. The molecule has 0 heterocycles. The van der Waals surface area contributed by atoms with Gasteiger partial charge >= 0.3 is 0 Å². The van der Waals surface area contributed by atoms with Crippen molar-refractivity contribution in [1.82, 2.24) is 5.32 Å². The summed E-state index contributed by atoms with van der Waals surface area (Å²) in [4.78, 5) is 26.0. The molecular formula is C18H28Cl2N3O6+. The van der Waals surface area contributed by atoms with Crippen molar-refractivity contribution >= 4 is 29.1 Å². The lowest BCUT2D eigenvalue weighted by atomic mass is 10.2. The summed E-state index contributed by atoms with van der Waals surface area (Å²) >= 11 is 11.9. The summed E-state index contributed by atoms with van der Waals surface area (Å²) in [7, 11) is 3.88. The third-order valence-electron chi connectivity index (χ3n) is 4.06. The van der Waals surface area contributed by atoms with E-state index in [1.807, 2.05) is 14.1 Å². The van der Waals surface area contributed by atoms with Crippen molar-refractivity contribution in [1.29, 1.82) is 0 Å². The molecule has 0 radical (unpaired) electrons. The number of carbonyl (C=O) groups excluding carboxylic acids is 1. The number of rotatable bonds is 14. The molecule has 1 amide bonds. The predicted octanol–water partition coefficient (Wildman–Crippen LogP) is 2.30. The Balaban J connectivity index is 2.24. The van der Waals surface area contributed by atoms with Crippen molar-refractivity contribution in [3.8, 4) is 5.75 Å². The molecule has 2 N–H and O–H groups in total. The number of carbonyl (C=O) groups is 1. The Hall–Kier alpha value is -1.81. The van der Waals surface area contributed by atoms with Crippen molar-refractivity contribution in [2.75, 3.05) is 46.9 Å². The van der Waals surface area contributed by atoms with Crippen LogP contribution in [0.15, 0.2) is 18.2 Å². The maximum Gasteiger partial charge on any atom is 0.294 e. The molecule has 0 aromatic heterocycles. The molecule has 11 heteroatoms. The number of aliphatic hydroxyl groups excluding tert-OH is 1. The molecule has 1 aromatic carbocycles. The largest absolute Gasteiger partial charge is 0.489 e. The second kappa shape index (κ2) is 12.7. The Bertz CT molecular complexity index is 675. The number of benzene rings is 1. The van der Waals surface area contributed by atoms with Crippen molar-refractivity contribution in [3.05, 3.63) is 38.4 Å². The minimum atomic E-state index is -0.844. The van der Waals surface area contributed by atoms with Gasteiger partial charge in [0, 0.05) is 17.5 Å². The number of nitrogens with zero attached hydrogens (tertiary/aromatic N) is 2. The number of halogens is 2. The van der Waals surface area contributed by atoms with Gasteiger partial charge < -0.3 is 24.5 Å². The first kappa shape index (κ1) is 25.2. The van der Waals surface area contributed by atoms with Crippen molar-refractivity contribution in [2.24, 2.45) is 0 Å². The second-order valence-corrected chi connectivity index (χ2v) is 8.09. The minimum absolute atomic E-state index is 0.00937. The average molecular weight is 453 g/mol. The average Bonchev–Trinajstić information content (AvgIpc) is 2.61. The van der Waals surface area contributed by atoms with Crippen LogP contribution in [0.2, 0.25) is 10.0 Å². The molecule has 9 nitrogen and oxygen atoms in total. The van der Waals surface area contributed by atoms with Gasteiger partial charge in [-0.3, -0.25) is 4.79 Å². The van der Waals surface area contributed by atoms with E-state index >= 15 is 0 Å². The van der Waals surface area contributed by atoms with Gasteiger partial charge in [0.05, 0.1) is 38.8 Å². The van der Waals surface area contributed by atoms with Crippen LogP contribution in [0, 0.1) is 10.1 Å². The predicted molar refractivity (Wildman–Crippen MR) is 110 cm³/mol. The minimum Gasteiger partial charge on any atom is -0.489 e. The topological polar surface area (TPSA) is 111 Å². The van der Waals surface area contributed by atoms with E-state index in [2.05, 4.69) is 10.2 Å². The molecule has 0 fully saturated rings. The van der Waals surface area contributed by atoms with Crippen molar-refractivity contribution < 1.29 is 29.0 Å². The molecule has 29 heavy (non-hydrogen) atoms. The molecule has 1 unspecified atom stereocenters. The van der Waals surface area contributed by atoms with Crippen LogP contribution in [-0.2, 0) is 9.63 Å². The number of likely N-dealkylation sites (N-methyl/N-ethyl adjacent to an activating group) is 1. The molecule has 164 valence electrons. The lowest BCUT2D eigenvalue weighted by molar-refractivity contribution is -0.892. The summed E-state index contributed by atoms with van der Waals surface area (Å²) in [6, 6.07) is 4.88. The summed E-state index contributed by atoms with van der Waals surface area (Å²) in [6.45, 7) is 1.55. The molecule has 1 aromatic rings. The third kappa shape index (κ3) is 11.7. The van der Waals surface area contributed by atoms with Gasteiger partial charge in [0.15, 0.2) is 0 Å². The Kier molecular flexibility index (Phi) is 11.0. The number of hydrogen-bond donors (Lipinski definition) is 2. The van der Waals surface area contributed by atoms with Gasteiger partial charge in [-0.05, 0) is 25.0 Å². The molecule has 1 rings (SSSR count). The number of unbranched alkanes of at least 4 members (excludes halogenated alkanes) is 1. The highest BCUT2D eigenvalue weighted by Gasteiger charge is 2.21. The molecule has 0 saturated heterocycles. The highest BCUT2D eigenvalue weighted by Crippen LogP contribution is 2.27. The Labute approximate surface area is 180 Å². The van der Waals surface area contributed by atoms with Gasteiger partial charge in [0.2, 0.25) is 5.91 Å². The third-order valence-corrected chi connectivity index (χ3v) is 4.61. The zero-order valence-electron chi connectivity index (χ0n) is 16.6. The van der Waals surface area contributed by atoms with Crippen LogP contribution < -0.4 is 10.1 Å². The normalized spacial score (nSPS) is 12.3. The van der Waals surface area contributed by atoms with Crippen LogP contribution in [0.5, 0.6) is 5.75 Å². The van der Waals surface area contributed by atoms with E-state index in [1.165, 1.54) is 0 Å². The van der Waals surface area contributed by atoms with E-state index in [0.717, 1.165) is 0 Å². The molecule has 0 aliphatic carbocycles. The van der Waals surface area contributed by atoms with E-state index in [4.69, 9.17) is 27.9 Å².